The van der Waals surface area contributed by atoms with Crippen molar-refractivity contribution in [2.45, 2.75) is 10.8 Å². The van der Waals surface area contributed by atoms with E-state index in [0.29, 0.717) is 0 Å². The molecule has 0 bridgehead atoms. The van der Waals surface area contributed by atoms with Crippen LogP contribution < -0.4 is 0 Å². The topological polar surface area (TPSA) is 20.2 Å². The zero-order valence-electron chi connectivity index (χ0n) is 4.22. The molecule has 1 N–H and O–H groups in total. The molecule has 0 aliphatic heterocycles. The van der Waals surface area contributed by atoms with Crippen LogP contribution in [0, 0.1) is 6.10 Å². The van der Waals surface area contributed by atoms with Gasteiger partial charge >= 0.3 is 10.8 Å². The Morgan fingerprint density at radius 3 is 1.20 bits per heavy atom. The molecule has 1 radical (unpaired) electrons. The Kier molecular flexibility index (Phi) is 2.78. The van der Waals surface area contributed by atoms with Crippen molar-refractivity contribution < 1.29 is 22.7 Å². The molecule has 0 rings (SSSR count). The molecule has 0 aromatic heterocycles. The molecule has 1 nitrogen and oxygen atoms in total. The summed E-state index contributed by atoms with van der Waals surface area (Å²) in [5, 5.41) is -1.11. The van der Waals surface area contributed by atoms with Crippen LogP contribution in [-0.2, 0) is 0 Å². The van der Waals surface area contributed by atoms with Gasteiger partial charge in [0.2, 0.25) is 0 Å². The van der Waals surface area contributed by atoms with Crippen LogP contribution >= 0.6 is 23.2 Å². The normalized spacial score (nSPS) is 14.4. The lowest BCUT2D eigenvalue weighted by Gasteiger charge is -2.17. The van der Waals surface area contributed by atoms with Gasteiger partial charge in [-0.05, 0) is 23.2 Å². The second kappa shape index (κ2) is 2.71. The Labute approximate surface area is 63.5 Å². The van der Waals surface area contributed by atoms with Gasteiger partial charge in [0.1, 0.15) is 0 Å². The van der Waals surface area contributed by atoms with E-state index in [9.17, 15) is 17.6 Å². The Morgan fingerprint density at radius 2 is 1.20 bits per heavy atom. The quantitative estimate of drug-likeness (QED) is 0.536. The lowest BCUT2D eigenvalue weighted by Crippen LogP contribution is -2.32. The van der Waals surface area contributed by atoms with Crippen LogP contribution in [-0.4, -0.2) is 15.9 Å². The number of hydrogen-bond donors (Lipinski definition) is 1. The minimum Gasteiger partial charge on any atom is -0.373 e. The van der Waals surface area contributed by atoms with Crippen LogP contribution in [0.5, 0.6) is 0 Å². The maximum absolute atomic E-state index is 11.5. The standard InChI is InChI=1S/C3HCl2F4O/c4-2(6,7)1(10)3(5,8)9/h10H. The highest BCUT2D eigenvalue weighted by molar-refractivity contribution is 6.27. The molecule has 0 amide bonds. The van der Waals surface area contributed by atoms with E-state index in [0.717, 1.165) is 0 Å². The number of aliphatic hydroxyl groups excluding tert-OH is 1. The molecule has 0 saturated heterocycles. The van der Waals surface area contributed by atoms with Crippen molar-refractivity contribution >= 4 is 23.2 Å². The highest BCUT2D eigenvalue weighted by Gasteiger charge is 2.53. The van der Waals surface area contributed by atoms with Crippen molar-refractivity contribution in [1.82, 2.24) is 0 Å². The molecule has 0 atom stereocenters. The molecule has 0 aliphatic carbocycles. The van der Waals surface area contributed by atoms with E-state index in [1.807, 2.05) is 0 Å². The van der Waals surface area contributed by atoms with Crippen molar-refractivity contribution in [3.8, 4) is 0 Å². The van der Waals surface area contributed by atoms with E-state index < -0.39 is 16.9 Å². The predicted octanol–water partition coefficient (Wildman–Crippen LogP) is 2.55. The van der Waals surface area contributed by atoms with Crippen LogP contribution in [0.25, 0.3) is 0 Å². The lowest BCUT2D eigenvalue weighted by molar-refractivity contribution is -0.0620. The number of rotatable bonds is 2. The minimum atomic E-state index is -4.49. The van der Waals surface area contributed by atoms with E-state index in [4.69, 9.17) is 5.11 Å². The molecule has 0 spiro atoms. The third-order valence-electron chi connectivity index (χ3n) is 0.537. The van der Waals surface area contributed by atoms with Crippen LogP contribution in [0.2, 0.25) is 0 Å². The van der Waals surface area contributed by atoms with Gasteiger partial charge in [-0.15, -0.1) is 0 Å². The third kappa shape index (κ3) is 2.90. The number of alkyl halides is 6. The van der Waals surface area contributed by atoms with Crippen molar-refractivity contribution in [2.24, 2.45) is 0 Å². The number of hydrogen-bond acceptors (Lipinski definition) is 1. The molecule has 0 aromatic rings. The highest BCUT2D eigenvalue weighted by atomic mass is 35.5. The summed E-state index contributed by atoms with van der Waals surface area (Å²) in [7, 11) is 0. The average molecular weight is 200 g/mol. The predicted molar refractivity (Wildman–Crippen MR) is 26.8 cm³/mol. The Balaban J connectivity index is 4.23. The first-order valence-corrected chi connectivity index (χ1v) is 2.61. The zero-order chi connectivity index (χ0) is 8.58. The molecule has 10 heavy (non-hydrogen) atoms. The van der Waals surface area contributed by atoms with Crippen LogP contribution in [0.15, 0.2) is 0 Å². The molecule has 0 aliphatic rings. The molecule has 0 aromatic carbocycles. The van der Waals surface area contributed by atoms with Crippen LogP contribution in [0.1, 0.15) is 0 Å². The second-order valence-corrected chi connectivity index (χ2v) is 2.29. The fourth-order valence-electron chi connectivity index (χ4n) is 0.161. The SMILES string of the molecule is O[C](C(F)(F)Cl)C(F)(F)Cl. The summed E-state index contributed by atoms with van der Waals surface area (Å²) in [5.41, 5.74) is 0. The summed E-state index contributed by atoms with van der Waals surface area (Å²) >= 11 is 7.97. The second-order valence-electron chi connectivity index (χ2n) is 1.34. The molecule has 61 valence electrons. The van der Waals surface area contributed by atoms with Gasteiger partial charge in [0.15, 0.2) is 0 Å². The van der Waals surface area contributed by atoms with Gasteiger partial charge in [-0.3, -0.25) is 0 Å². The van der Waals surface area contributed by atoms with Gasteiger partial charge in [0, 0.05) is 0 Å². The molecular weight excluding hydrogens is 199 g/mol. The third-order valence-corrected chi connectivity index (χ3v) is 0.895. The fourth-order valence-corrected chi connectivity index (χ4v) is 0.446. The first-order chi connectivity index (χ1) is 4.15. The fraction of sp³-hybridized carbons (Fsp3) is 0.667. The monoisotopic (exact) mass is 199 g/mol. The molecule has 0 saturated carbocycles. The smallest absolute Gasteiger partial charge is 0.360 e. The summed E-state index contributed by atoms with van der Waals surface area (Å²) in [6.45, 7) is 0. The number of halogens is 6. The lowest BCUT2D eigenvalue weighted by atomic mass is 10.4. The first-order valence-electron chi connectivity index (χ1n) is 1.86. The largest absolute Gasteiger partial charge is 0.373 e. The Bertz CT molecular complexity index is 103. The maximum atomic E-state index is 11.5. The van der Waals surface area contributed by atoms with Crippen molar-refractivity contribution in [3.05, 3.63) is 6.10 Å². The molecule has 0 fully saturated rings. The van der Waals surface area contributed by atoms with E-state index in [1.165, 1.54) is 0 Å². The Morgan fingerprint density at radius 1 is 1.00 bits per heavy atom. The average Bonchev–Trinajstić information content (AvgIpc) is 1.59. The Hall–Kier alpha value is 0.260. The molecular formula is C3HCl2F4O. The summed E-state index contributed by atoms with van der Waals surface area (Å²) in [6, 6.07) is 0. The van der Waals surface area contributed by atoms with Crippen LogP contribution in [0.4, 0.5) is 17.6 Å². The van der Waals surface area contributed by atoms with E-state index in [2.05, 4.69) is 23.2 Å². The number of aliphatic hydroxyl groups is 1. The van der Waals surface area contributed by atoms with Gasteiger partial charge in [-0.25, -0.2) is 0 Å². The van der Waals surface area contributed by atoms with Gasteiger partial charge in [-0.1, -0.05) is 0 Å². The molecule has 0 heterocycles. The zero-order valence-corrected chi connectivity index (χ0v) is 5.73. The van der Waals surface area contributed by atoms with E-state index in [1.54, 1.807) is 0 Å². The van der Waals surface area contributed by atoms with Gasteiger partial charge in [0.05, 0.1) is 0 Å². The van der Waals surface area contributed by atoms with Gasteiger partial charge < -0.3 is 5.11 Å². The summed E-state index contributed by atoms with van der Waals surface area (Å²) < 4.78 is 46.1. The summed E-state index contributed by atoms with van der Waals surface area (Å²) in [5.74, 6) is 0. The summed E-state index contributed by atoms with van der Waals surface area (Å²) in [6.07, 6.45) is -2.57. The van der Waals surface area contributed by atoms with Gasteiger partial charge in [-0.2, -0.15) is 17.6 Å². The highest BCUT2D eigenvalue weighted by Crippen LogP contribution is 2.41. The minimum absolute atomic E-state index is 2.57. The van der Waals surface area contributed by atoms with E-state index >= 15 is 0 Å². The van der Waals surface area contributed by atoms with Crippen molar-refractivity contribution in [3.63, 3.8) is 0 Å². The first kappa shape index (κ1) is 10.3. The van der Waals surface area contributed by atoms with Gasteiger partial charge in [0.25, 0.3) is 6.10 Å². The van der Waals surface area contributed by atoms with E-state index in [-0.39, 0.29) is 0 Å². The van der Waals surface area contributed by atoms with Crippen LogP contribution in [0.3, 0.4) is 0 Å². The van der Waals surface area contributed by atoms with Crippen molar-refractivity contribution in [2.75, 3.05) is 0 Å². The molecule has 7 heteroatoms. The summed E-state index contributed by atoms with van der Waals surface area (Å²) in [4.78, 5) is 0. The molecule has 0 unspecified atom stereocenters. The van der Waals surface area contributed by atoms with Crippen molar-refractivity contribution in [1.29, 1.82) is 0 Å². The maximum Gasteiger partial charge on any atom is 0.360 e.